The summed E-state index contributed by atoms with van der Waals surface area (Å²) in [5.74, 6) is -1.15. The highest BCUT2D eigenvalue weighted by atomic mass is 16.4. The number of hydrogen-bond donors (Lipinski definition) is 2. The monoisotopic (exact) mass is 266 g/mol. The molecule has 0 spiro atoms. The van der Waals surface area contributed by atoms with E-state index in [1.54, 1.807) is 18.3 Å². The summed E-state index contributed by atoms with van der Waals surface area (Å²) >= 11 is 0. The molecule has 1 amide bonds. The number of aromatic nitrogens is 1. The molecule has 6 heteroatoms. The van der Waals surface area contributed by atoms with Gasteiger partial charge in [0.2, 0.25) is 5.91 Å². The van der Waals surface area contributed by atoms with Crippen LogP contribution < -0.4 is 10.9 Å². The Hall–Kier alpha value is -2.11. The van der Waals surface area contributed by atoms with Crippen LogP contribution in [0.1, 0.15) is 32.2 Å². The summed E-state index contributed by atoms with van der Waals surface area (Å²) in [5.41, 5.74) is -0.227. The Morgan fingerprint density at radius 3 is 2.74 bits per heavy atom. The van der Waals surface area contributed by atoms with Crippen LogP contribution in [0.25, 0.3) is 0 Å². The van der Waals surface area contributed by atoms with E-state index in [0.29, 0.717) is 19.4 Å². The van der Waals surface area contributed by atoms with Crippen molar-refractivity contribution in [1.29, 1.82) is 0 Å². The summed E-state index contributed by atoms with van der Waals surface area (Å²) in [6, 6.07) is 4.16. The zero-order valence-electron chi connectivity index (χ0n) is 10.8. The van der Waals surface area contributed by atoms with E-state index >= 15 is 0 Å². The number of rotatable bonds is 7. The number of pyridine rings is 1. The molecule has 0 aliphatic carbocycles. The van der Waals surface area contributed by atoms with Gasteiger partial charge in [0.15, 0.2) is 0 Å². The Balaban J connectivity index is 2.60. The molecular weight excluding hydrogens is 248 g/mol. The van der Waals surface area contributed by atoms with Crippen molar-refractivity contribution in [3.63, 3.8) is 0 Å². The first-order valence-corrected chi connectivity index (χ1v) is 6.23. The van der Waals surface area contributed by atoms with Gasteiger partial charge in [0.05, 0.1) is 0 Å². The molecular formula is C13H18N2O4. The fourth-order valence-electron chi connectivity index (χ4n) is 1.77. The normalized spacial score (nSPS) is 11.8. The average molecular weight is 266 g/mol. The molecule has 2 N–H and O–H groups in total. The number of aliphatic carboxylic acids is 1. The van der Waals surface area contributed by atoms with Crippen LogP contribution in [0.15, 0.2) is 29.2 Å². The van der Waals surface area contributed by atoms with Crippen molar-refractivity contribution in [2.45, 2.75) is 32.2 Å². The number of carbonyl (C=O) groups excluding carboxylic acids is 1. The van der Waals surface area contributed by atoms with Gasteiger partial charge in [0, 0.05) is 25.2 Å². The Morgan fingerprint density at radius 1 is 1.42 bits per heavy atom. The number of carboxylic acid groups (broad SMARTS) is 1. The van der Waals surface area contributed by atoms with Gasteiger partial charge in [0.1, 0.15) is 6.04 Å². The SMILES string of the molecule is CCC(C(=O)NCCCC(=O)O)n1ccccc1=O. The number of amides is 1. The highest BCUT2D eigenvalue weighted by Crippen LogP contribution is 2.08. The van der Waals surface area contributed by atoms with Crippen LogP contribution in [0.3, 0.4) is 0 Å². The molecule has 1 aromatic rings. The molecule has 0 radical (unpaired) electrons. The van der Waals surface area contributed by atoms with Crippen molar-refractivity contribution in [1.82, 2.24) is 9.88 Å². The molecule has 0 bridgehead atoms. The van der Waals surface area contributed by atoms with Gasteiger partial charge in [-0.3, -0.25) is 14.4 Å². The van der Waals surface area contributed by atoms with Gasteiger partial charge >= 0.3 is 5.97 Å². The number of hydrogen-bond acceptors (Lipinski definition) is 3. The maximum absolute atomic E-state index is 12.0. The summed E-state index contributed by atoms with van der Waals surface area (Å²) in [4.78, 5) is 33.9. The van der Waals surface area contributed by atoms with E-state index in [1.165, 1.54) is 10.6 Å². The van der Waals surface area contributed by atoms with Crippen molar-refractivity contribution >= 4 is 11.9 Å². The van der Waals surface area contributed by atoms with Gasteiger partial charge in [-0.2, -0.15) is 0 Å². The molecule has 0 aliphatic heterocycles. The summed E-state index contributed by atoms with van der Waals surface area (Å²) < 4.78 is 1.38. The zero-order valence-corrected chi connectivity index (χ0v) is 10.8. The standard InChI is InChI=1S/C13H18N2O4/c1-2-10(15-9-4-3-6-11(15)16)13(19)14-8-5-7-12(17)18/h3-4,6,9-10H,2,5,7-8H2,1H3,(H,14,19)(H,17,18). The fourth-order valence-corrected chi connectivity index (χ4v) is 1.77. The maximum atomic E-state index is 12.0. The highest BCUT2D eigenvalue weighted by Gasteiger charge is 2.18. The second-order valence-electron chi connectivity index (χ2n) is 4.16. The lowest BCUT2D eigenvalue weighted by Gasteiger charge is -2.17. The first-order chi connectivity index (χ1) is 9.06. The van der Waals surface area contributed by atoms with E-state index in [0.717, 1.165) is 0 Å². The number of nitrogens with one attached hydrogen (secondary N) is 1. The smallest absolute Gasteiger partial charge is 0.303 e. The summed E-state index contributed by atoms with van der Waals surface area (Å²) in [6.07, 6.45) is 2.46. The van der Waals surface area contributed by atoms with Crippen LogP contribution in [0.5, 0.6) is 0 Å². The van der Waals surface area contributed by atoms with Crippen molar-refractivity contribution in [3.8, 4) is 0 Å². The van der Waals surface area contributed by atoms with E-state index in [-0.39, 0.29) is 17.9 Å². The molecule has 1 atom stereocenters. The molecule has 1 heterocycles. The van der Waals surface area contributed by atoms with Gasteiger partial charge in [0.25, 0.3) is 5.56 Å². The van der Waals surface area contributed by atoms with Crippen LogP contribution in [-0.4, -0.2) is 28.1 Å². The molecule has 6 nitrogen and oxygen atoms in total. The molecule has 0 aliphatic rings. The third kappa shape index (κ3) is 4.57. The minimum Gasteiger partial charge on any atom is -0.481 e. The summed E-state index contributed by atoms with van der Waals surface area (Å²) in [6.45, 7) is 2.12. The van der Waals surface area contributed by atoms with Crippen molar-refractivity contribution < 1.29 is 14.7 Å². The predicted molar refractivity (Wildman–Crippen MR) is 69.9 cm³/mol. The first-order valence-electron chi connectivity index (χ1n) is 6.23. The average Bonchev–Trinajstić information content (AvgIpc) is 2.37. The van der Waals surface area contributed by atoms with Gasteiger partial charge in [-0.25, -0.2) is 0 Å². The van der Waals surface area contributed by atoms with Crippen molar-refractivity contribution in [3.05, 3.63) is 34.7 Å². The number of nitrogens with zero attached hydrogens (tertiary/aromatic N) is 1. The third-order valence-corrected chi connectivity index (χ3v) is 2.74. The largest absolute Gasteiger partial charge is 0.481 e. The Labute approximate surface area is 111 Å². The molecule has 19 heavy (non-hydrogen) atoms. The molecule has 0 fully saturated rings. The second-order valence-corrected chi connectivity index (χ2v) is 4.16. The lowest BCUT2D eigenvalue weighted by atomic mass is 10.2. The lowest BCUT2D eigenvalue weighted by Crippen LogP contribution is -2.37. The van der Waals surface area contributed by atoms with E-state index < -0.39 is 12.0 Å². The van der Waals surface area contributed by atoms with Crippen LogP contribution >= 0.6 is 0 Å². The Bertz CT molecular complexity index is 495. The first kappa shape index (κ1) is 14.9. The van der Waals surface area contributed by atoms with Gasteiger partial charge < -0.3 is 15.0 Å². The topological polar surface area (TPSA) is 88.4 Å². The molecule has 0 saturated carbocycles. The van der Waals surface area contributed by atoms with E-state index in [1.807, 2.05) is 6.92 Å². The fraction of sp³-hybridized carbons (Fsp3) is 0.462. The van der Waals surface area contributed by atoms with E-state index in [4.69, 9.17) is 5.11 Å². The molecule has 104 valence electrons. The minimum absolute atomic E-state index is 0.0162. The Morgan fingerprint density at radius 2 is 2.16 bits per heavy atom. The Kier molecular flexibility index (Phi) is 5.78. The molecule has 0 aromatic carbocycles. The van der Waals surface area contributed by atoms with Crippen molar-refractivity contribution in [2.24, 2.45) is 0 Å². The van der Waals surface area contributed by atoms with E-state index in [9.17, 15) is 14.4 Å². The van der Waals surface area contributed by atoms with Crippen LogP contribution in [0, 0.1) is 0 Å². The van der Waals surface area contributed by atoms with Gasteiger partial charge in [-0.1, -0.05) is 13.0 Å². The van der Waals surface area contributed by atoms with Crippen LogP contribution in [-0.2, 0) is 9.59 Å². The second kappa shape index (κ2) is 7.35. The maximum Gasteiger partial charge on any atom is 0.303 e. The van der Waals surface area contributed by atoms with Gasteiger partial charge in [-0.15, -0.1) is 0 Å². The lowest BCUT2D eigenvalue weighted by molar-refractivity contribution is -0.137. The predicted octanol–water partition coefficient (Wildman–Crippen LogP) is 0.780. The molecule has 1 unspecified atom stereocenters. The zero-order chi connectivity index (χ0) is 14.3. The minimum atomic E-state index is -0.888. The highest BCUT2D eigenvalue weighted by molar-refractivity contribution is 5.80. The quantitative estimate of drug-likeness (QED) is 0.714. The number of carbonyl (C=O) groups is 2. The molecule has 1 rings (SSSR count). The summed E-state index contributed by atoms with van der Waals surface area (Å²) in [7, 11) is 0. The van der Waals surface area contributed by atoms with E-state index in [2.05, 4.69) is 5.32 Å². The van der Waals surface area contributed by atoms with Crippen LogP contribution in [0.4, 0.5) is 0 Å². The van der Waals surface area contributed by atoms with Gasteiger partial charge in [-0.05, 0) is 18.9 Å². The third-order valence-electron chi connectivity index (χ3n) is 2.74. The number of carboxylic acids is 1. The molecule has 0 saturated heterocycles. The van der Waals surface area contributed by atoms with Crippen LogP contribution in [0.2, 0.25) is 0 Å². The molecule has 1 aromatic heterocycles. The summed E-state index contributed by atoms with van der Waals surface area (Å²) in [5, 5.41) is 11.1. The van der Waals surface area contributed by atoms with Crippen molar-refractivity contribution in [2.75, 3.05) is 6.54 Å².